The van der Waals surface area contributed by atoms with Crippen molar-refractivity contribution >= 4 is 17.5 Å². The Labute approximate surface area is 160 Å². The molecule has 1 amide bonds. The third-order valence-corrected chi connectivity index (χ3v) is 4.50. The van der Waals surface area contributed by atoms with E-state index in [9.17, 15) is 4.79 Å². The van der Waals surface area contributed by atoms with Crippen LogP contribution in [0, 0.1) is 6.92 Å². The van der Waals surface area contributed by atoms with Crippen LogP contribution in [0.5, 0.6) is 0 Å². The summed E-state index contributed by atoms with van der Waals surface area (Å²) in [5.74, 6) is 2.34. The molecule has 0 atom stereocenters. The molecule has 144 valence electrons. The number of amides is 1. The highest BCUT2D eigenvalue weighted by Gasteiger charge is 2.14. The topological polar surface area (TPSA) is 79.4 Å². The summed E-state index contributed by atoms with van der Waals surface area (Å²) in [4.78, 5) is 23.3. The second kappa shape index (κ2) is 9.32. The molecule has 7 heteroatoms. The lowest BCUT2D eigenvalue weighted by molar-refractivity contribution is 0.0955. The van der Waals surface area contributed by atoms with Crippen LogP contribution in [-0.2, 0) is 11.2 Å². The zero-order chi connectivity index (χ0) is 19.1. The number of carbonyl (C=O) groups excluding carboxylic acids is 1. The highest BCUT2D eigenvalue weighted by molar-refractivity contribution is 5.94. The number of carbonyl (C=O) groups is 1. The molecule has 1 fully saturated rings. The lowest BCUT2D eigenvalue weighted by Gasteiger charge is -2.28. The summed E-state index contributed by atoms with van der Waals surface area (Å²) in [6.07, 6.45) is 0.969. The van der Waals surface area contributed by atoms with Crippen LogP contribution in [0.25, 0.3) is 0 Å². The molecule has 2 aromatic rings. The standard InChI is InChI=1S/C20H27N5O2/c1-3-16-4-6-17(7-5-16)20(26)22-9-8-21-18-14-19(24-15(2)23-18)25-10-12-27-13-11-25/h4-7,14H,3,8-13H2,1-2H3,(H,22,26)(H,21,23,24). The van der Waals surface area contributed by atoms with E-state index in [1.54, 1.807) is 0 Å². The van der Waals surface area contributed by atoms with E-state index in [0.29, 0.717) is 18.7 Å². The van der Waals surface area contributed by atoms with Gasteiger partial charge in [0.05, 0.1) is 13.2 Å². The van der Waals surface area contributed by atoms with Gasteiger partial charge in [-0.05, 0) is 31.0 Å². The number of hydrogen-bond donors (Lipinski definition) is 2. The first-order valence-corrected chi connectivity index (χ1v) is 9.45. The lowest BCUT2D eigenvalue weighted by Crippen LogP contribution is -2.37. The Morgan fingerprint density at radius 3 is 2.59 bits per heavy atom. The van der Waals surface area contributed by atoms with Crippen molar-refractivity contribution < 1.29 is 9.53 Å². The zero-order valence-electron chi connectivity index (χ0n) is 16.0. The van der Waals surface area contributed by atoms with Crippen LogP contribution in [-0.4, -0.2) is 55.3 Å². The predicted molar refractivity (Wildman–Crippen MR) is 106 cm³/mol. The molecule has 0 saturated carbocycles. The van der Waals surface area contributed by atoms with Crippen molar-refractivity contribution in [1.82, 2.24) is 15.3 Å². The molecule has 3 rings (SSSR count). The fraction of sp³-hybridized carbons (Fsp3) is 0.450. The minimum atomic E-state index is -0.0627. The van der Waals surface area contributed by atoms with E-state index in [1.807, 2.05) is 37.3 Å². The van der Waals surface area contributed by atoms with Gasteiger partial charge in [0, 0.05) is 37.8 Å². The van der Waals surface area contributed by atoms with E-state index in [4.69, 9.17) is 4.74 Å². The van der Waals surface area contributed by atoms with E-state index >= 15 is 0 Å². The Bertz CT molecular complexity index is 757. The molecule has 0 bridgehead atoms. The second-order valence-corrected chi connectivity index (χ2v) is 6.49. The number of aromatic nitrogens is 2. The number of anilines is 2. The number of rotatable bonds is 7. The molecule has 2 N–H and O–H groups in total. The molecule has 0 unspecified atom stereocenters. The number of nitrogens with zero attached hydrogens (tertiary/aromatic N) is 3. The van der Waals surface area contributed by atoms with Crippen LogP contribution in [0.1, 0.15) is 28.7 Å². The third-order valence-electron chi connectivity index (χ3n) is 4.50. The molecule has 7 nitrogen and oxygen atoms in total. The Balaban J connectivity index is 1.49. The van der Waals surface area contributed by atoms with Crippen molar-refractivity contribution in [3.8, 4) is 0 Å². The molecule has 1 aliphatic rings. The number of ether oxygens (including phenoxy) is 1. The van der Waals surface area contributed by atoms with E-state index < -0.39 is 0 Å². The van der Waals surface area contributed by atoms with Crippen LogP contribution in [0.3, 0.4) is 0 Å². The van der Waals surface area contributed by atoms with Gasteiger partial charge in [-0.25, -0.2) is 9.97 Å². The number of morpholine rings is 1. The SMILES string of the molecule is CCc1ccc(C(=O)NCCNc2cc(N3CCOCC3)nc(C)n2)cc1. The van der Waals surface area contributed by atoms with Crippen molar-refractivity contribution in [2.75, 3.05) is 49.6 Å². The number of hydrogen-bond acceptors (Lipinski definition) is 6. The summed E-state index contributed by atoms with van der Waals surface area (Å²) >= 11 is 0. The van der Waals surface area contributed by atoms with Gasteiger partial charge >= 0.3 is 0 Å². The first-order chi connectivity index (χ1) is 13.2. The molecule has 1 saturated heterocycles. The summed E-state index contributed by atoms with van der Waals surface area (Å²) < 4.78 is 5.39. The monoisotopic (exact) mass is 369 g/mol. The third kappa shape index (κ3) is 5.40. The van der Waals surface area contributed by atoms with Crippen molar-refractivity contribution in [3.05, 3.63) is 47.3 Å². The zero-order valence-corrected chi connectivity index (χ0v) is 16.0. The van der Waals surface area contributed by atoms with Gasteiger partial charge < -0.3 is 20.3 Å². The van der Waals surface area contributed by atoms with E-state index in [0.717, 1.165) is 50.2 Å². The van der Waals surface area contributed by atoms with Gasteiger partial charge in [-0.2, -0.15) is 0 Å². The van der Waals surface area contributed by atoms with Crippen LogP contribution >= 0.6 is 0 Å². The first-order valence-electron chi connectivity index (χ1n) is 9.45. The van der Waals surface area contributed by atoms with Crippen molar-refractivity contribution in [3.63, 3.8) is 0 Å². The van der Waals surface area contributed by atoms with Gasteiger partial charge in [-0.3, -0.25) is 4.79 Å². The van der Waals surface area contributed by atoms with E-state index in [2.05, 4.69) is 32.4 Å². The normalized spacial score (nSPS) is 14.1. The van der Waals surface area contributed by atoms with Gasteiger partial charge in [-0.15, -0.1) is 0 Å². The van der Waals surface area contributed by atoms with Crippen LogP contribution < -0.4 is 15.5 Å². The lowest BCUT2D eigenvalue weighted by atomic mass is 10.1. The Hall–Kier alpha value is -2.67. The molecule has 1 aromatic heterocycles. The van der Waals surface area contributed by atoms with E-state index in [1.165, 1.54) is 5.56 Å². The minimum absolute atomic E-state index is 0.0627. The largest absolute Gasteiger partial charge is 0.378 e. The predicted octanol–water partition coefficient (Wildman–Crippen LogP) is 2.03. The maximum Gasteiger partial charge on any atom is 0.251 e. The van der Waals surface area contributed by atoms with Gasteiger partial charge in [0.2, 0.25) is 0 Å². The quantitative estimate of drug-likeness (QED) is 0.727. The first kappa shape index (κ1) is 19.1. The maximum absolute atomic E-state index is 12.2. The minimum Gasteiger partial charge on any atom is -0.378 e. The maximum atomic E-state index is 12.2. The summed E-state index contributed by atoms with van der Waals surface area (Å²) in [6, 6.07) is 9.66. The van der Waals surface area contributed by atoms with Crippen molar-refractivity contribution in [1.29, 1.82) is 0 Å². The average Bonchev–Trinajstić information content (AvgIpc) is 2.71. The number of nitrogens with one attached hydrogen (secondary N) is 2. The molecule has 2 heterocycles. The number of benzene rings is 1. The molecule has 0 aliphatic carbocycles. The fourth-order valence-corrected chi connectivity index (χ4v) is 2.96. The highest BCUT2D eigenvalue weighted by atomic mass is 16.5. The molecule has 27 heavy (non-hydrogen) atoms. The van der Waals surface area contributed by atoms with Crippen molar-refractivity contribution in [2.45, 2.75) is 20.3 Å². The van der Waals surface area contributed by atoms with Gasteiger partial charge in [0.15, 0.2) is 0 Å². The summed E-state index contributed by atoms with van der Waals surface area (Å²) in [7, 11) is 0. The molecule has 1 aromatic carbocycles. The smallest absolute Gasteiger partial charge is 0.251 e. The molecular formula is C20H27N5O2. The van der Waals surface area contributed by atoms with Crippen LogP contribution in [0.15, 0.2) is 30.3 Å². The summed E-state index contributed by atoms with van der Waals surface area (Å²) in [5, 5.41) is 6.19. The van der Waals surface area contributed by atoms with Crippen LogP contribution in [0.2, 0.25) is 0 Å². The Morgan fingerprint density at radius 1 is 1.15 bits per heavy atom. The Kier molecular flexibility index (Phi) is 6.59. The van der Waals surface area contributed by atoms with E-state index in [-0.39, 0.29) is 5.91 Å². The number of aryl methyl sites for hydroxylation is 2. The van der Waals surface area contributed by atoms with Crippen LogP contribution in [0.4, 0.5) is 11.6 Å². The highest BCUT2D eigenvalue weighted by Crippen LogP contribution is 2.17. The fourth-order valence-electron chi connectivity index (χ4n) is 2.96. The Morgan fingerprint density at radius 2 is 1.89 bits per heavy atom. The summed E-state index contributed by atoms with van der Waals surface area (Å²) in [5.41, 5.74) is 1.91. The summed E-state index contributed by atoms with van der Waals surface area (Å²) in [6.45, 7) is 8.21. The molecule has 1 aliphatic heterocycles. The molecular weight excluding hydrogens is 342 g/mol. The van der Waals surface area contributed by atoms with Gasteiger partial charge in [0.25, 0.3) is 5.91 Å². The average molecular weight is 369 g/mol. The van der Waals surface area contributed by atoms with Gasteiger partial charge in [-0.1, -0.05) is 19.1 Å². The molecule has 0 spiro atoms. The molecule has 0 radical (unpaired) electrons. The van der Waals surface area contributed by atoms with Crippen molar-refractivity contribution in [2.24, 2.45) is 0 Å². The second-order valence-electron chi connectivity index (χ2n) is 6.49. The van der Waals surface area contributed by atoms with Gasteiger partial charge in [0.1, 0.15) is 17.5 Å².